The fourth-order valence-corrected chi connectivity index (χ4v) is 2.71. The molecule has 1 aliphatic carbocycles. The summed E-state index contributed by atoms with van der Waals surface area (Å²) in [6.07, 6.45) is 3.33. The highest BCUT2D eigenvalue weighted by molar-refractivity contribution is 6.05. The van der Waals surface area contributed by atoms with Crippen molar-refractivity contribution in [3.05, 3.63) is 28.6 Å². The van der Waals surface area contributed by atoms with E-state index in [0.717, 1.165) is 29.1 Å². The molecule has 4 nitrogen and oxygen atoms in total. The number of aromatic nitrogens is 1. The van der Waals surface area contributed by atoms with Crippen LogP contribution in [-0.4, -0.2) is 34.4 Å². The summed E-state index contributed by atoms with van der Waals surface area (Å²) in [7, 11) is 1.96. The second-order valence-corrected chi connectivity index (χ2v) is 5.03. The molecule has 0 saturated carbocycles. The first kappa shape index (κ1) is 10.7. The molecule has 17 heavy (non-hydrogen) atoms. The Labute approximate surface area is 99.9 Å². The van der Waals surface area contributed by atoms with Gasteiger partial charge >= 0.3 is 0 Å². The predicted octanol–water partition coefficient (Wildman–Crippen LogP) is 1.34. The third kappa shape index (κ3) is 1.48. The van der Waals surface area contributed by atoms with Crippen molar-refractivity contribution in [2.45, 2.75) is 19.6 Å². The lowest BCUT2D eigenvalue weighted by Crippen LogP contribution is -2.31. The lowest BCUT2D eigenvalue weighted by Gasteiger charge is -2.27. The average Bonchev–Trinajstić information content (AvgIpc) is 2.63. The number of Topliss-reactive ketones (excluding diaryl/α,β-unsaturated/α-hetero) is 1. The molecule has 2 atom stereocenters. The summed E-state index contributed by atoms with van der Waals surface area (Å²) in [5.74, 6) is 0.0919. The van der Waals surface area contributed by atoms with Crippen LogP contribution in [0.3, 0.4) is 0 Å². The van der Waals surface area contributed by atoms with E-state index in [9.17, 15) is 9.90 Å². The van der Waals surface area contributed by atoms with Crippen molar-refractivity contribution < 1.29 is 9.90 Å². The van der Waals surface area contributed by atoms with Gasteiger partial charge in [-0.2, -0.15) is 0 Å². The zero-order chi connectivity index (χ0) is 12.2. The molecule has 1 aromatic heterocycles. The van der Waals surface area contributed by atoms with Gasteiger partial charge < -0.3 is 10.1 Å². The monoisotopic (exact) mass is 232 g/mol. The highest BCUT2D eigenvalue weighted by atomic mass is 16.3. The molecule has 90 valence electrons. The van der Waals surface area contributed by atoms with Crippen LogP contribution in [0.2, 0.25) is 0 Å². The summed E-state index contributed by atoms with van der Waals surface area (Å²) >= 11 is 0. The second kappa shape index (κ2) is 3.55. The summed E-state index contributed by atoms with van der Waals surface area (Å²) in [6.45, 7) is 3.24. The zero-order valence-corrected chi connectivity index (χ0v) is 10.0. The van der Waals surface area contributed by atoms with Crippen LogP contribution < -0.4 is 0 Å². The molecule has 0 saturated heterocycles. The van der Waals surface area contributed by atoms with E-state index in [1.165, 1.54) is 0 Å². The maximum absolute atomic E-state index is 12.2. The largest absolute Gasteiger partial charge is 0.386 e. The average molecular weight is 232 g/mol. The highest BCUT2D eigenvalue weighted by Crippen LogP contribution is 2.34. The number of fused-ring (bicyclic) bond motifs is 3. The van der Waals surface area contributed by atoms with E-state index in [1.807, 2.05) is 31.0 Å². The van der Waals surface area contributed by atoms with Gasteiger partial charge in [0.1, 0.15) is 6.10 Å². The van der Waals surface area contributed by atoms with Crippen molar-refractivity contribution in [3.8, 4) is 0 Å². The summed E-state index contributed by atoms with van der Waals surface area (Å²) in [4.78, 5) is 17.4. The van der Waals surface area contributed by atoms with Crippen LogP contribution in [-0.2, 0) is 6.54 Å². The molecule has 2 heterocycles. The highest BCUT2D eigenvalue weighted by Gasteiger charge is 2.32. The molecular weight excluding hydrogens is 216 g/mol. The molecule has 2 N–H and O–H groups in total. The van der Waals surface area contributed by atoms with Gasteiger partial charge in [-0.1, -0.05) is 13.0 Å². The van der Waals surface area contributed by atoms with Crippen LogP contribution in [0.5, 0.6) is 0 Å². The number of rotatable bonds is 0. The van der Waals surface area contributed by atoms with Gasteiger partial charge in [0.25, 0.3) is 0 Å². The molecule has 1 aliphatic heterocycles. The first-order valence-electron chi connectivity index (χ1n) is 5.91. The van der Waals surface area contributed by atoms with Crippen LogP contribution in [0.15, 0.2) is 6.08 Å². The number of nitrogens with zero attached hydrogens (tertiary/aromatic N) is 1. The van der Waals surface area contributed by atoms with Crippen molar-refractivity contribution in [2.24, 2.45) is 5.92 Å². The second-order valence-electron chi connectivity index (χ2n) is 5.03. The van der Waals surface area contributed by atoms with E-state index < -0.39 is 6.10 Å². The lowest BCUT2D eigenvalue weighted by molar-refractivity contribution is 0.0939. The molecule has 0 fully saturated rings. The van der Waals surface area contributed by atoms with Gasteiger partial charge in [-0.3, -0.25) is 9.69 Å². The number of H-pyrrole nitrogens is 1. The topological polar surface area (TPSA) is 56.3 Å². The Morgan fingerprint density at radius 1 is 1.53 bits per heavy atom. The maximum atomic E-state index is 12.2. The number of likely N-dealkylation sites (N-methyl/N-ethyl adjacent to an activating group) is 1. The van der Waals surface area contributed by atoms with Crippen molar-refractivity contribution in [3.63, 3.8) is 0 Å². The number of aromatic amines is 1. The van der Waals surface area contributed by atoms with Crippen LogP contribution >= 0.6 is 0 Å². The minimum absolute atomic E-state index is 0.0632. The summed E-state index contributed by atoms with van der Waals surface area (Å²) in [5.41, 5.74) is 3.43. The minimum atomic E-state index is -0.522. The standard InChI is InChI=1S/C13H16N2O2/c1-7-3-4-9-11(13(7)17)8-5-15(2)6-10(16)12(8)14-9/h3-4,7,10,14,16H,5-6H2,1-2H3. The third-order valence-corrected chi connectivity index (χ3v) is 3.62. The summed E-state index contributed by atoms with van der Waals surface area (Å²) in [6, 6.07) is 0. The molecule has 0 radical (unpaired) electrons. The van der Waals surface area contributed by atoms with Gasteiger partial charge in [-0.15, -0.1) is 0 Å². The van der Waals surface area contributed by atoms with E-state index in [4.69, 9.17) is 0 Å². The zero-order valence-electron chi connectivity index (χ0n) is 10.0. The van der Waals surface area contributed by atoms with Gasteiger partial charge in [0, 0.05) is 35.8 Å². The number of carbonyl (C=O) groups is 1. The Morgan fingerprint density at radius 3 is 3.06 bits per heavy atom. The predicted molar refractivity (Wildman–Crippen MR) is 64.6 cm³/mol. The molecule has 2 unspecified atom stereocenters. The maximum Gasteiger partial charge on any atom is 0.171 e. The number of nitrogens with one attached hydrogen (secondary N) is 1. The van der Waals surface area contributed by atoms with E-state index in [2.05, 4.69) is 4.98 Å². The van der Waals surface area contributed by atoms with E-state index in [1.54, 1.807) is 0 Å². The number of aliphatic hydroxyl groups excluding tert-OH is 1. The summed E-state index contributed by atoms with van der Waals surface area (Å²) in [5, 5.41) is 10.0. The first-order valence-corrected chi connectivity index (χ1v) is 5.91. The number of ketones is 1. The van der Waals surface area contributed by atoms with E-state index in [-0.39, 0.29) is 11.7 Å². The van der Waals surface area contributed by atoms with Crippen molar-refractivity contribution in [2.75, 3.05) is 13.6 Å². The van der Waals surface area contributed by atoms with Gasteiger partial charge in [0.05, 0.1) is 5.69 Å². The Morgan fingerprint density at radius 2 is 2.29 bits per heavy atom. The molecule has 4 heteroatoms. The van der Waals surface area contributed by atoms with Gasteiger partial charge in [0.2, 0.25) is 0 Å². The molecule has 2 aliphatic rings. The Kier molecular flexibility index (Phi) is 2.24. The minimum Gasteiger partial charge on any atom is -0.386 e. The normalized spacial score (nSPS) is 28.1. The van der Waals surface area contributed by atoms with Gasteiger partial charge in [-0.05, 0) is 13.1 Å². The van der Waals surface area contributed by atoms with Crippen molar-refractivity contribution in [1.29, 1.82) is 0 Å². The molecular formula is C13H16N2O2. The Balaban J connectivity index is 2.18. The lowest BCUT2D eigenvalue weighted by atomic mass is 9.89. The van der Waals surface area contributed by atoms with Crippen LogP contribution in [0.25, 0.3) is 6.08 Å². The smallest absolute Gasteiger partial charge is 0.171 e. The fraction of sp³-hybridized carbons (Fsp3) is 0.462. The van der Waals surface area contributed by atoms with E-state index in [0.29, 0.717) is 6.54 Å². The number of allylic oxidation sites excluding steroid dienone is 1. The van der Waals surface area contributed by atoms with Crippen LogP contribution in [0, 0.1) is 5.92 Å². The molecule has 0 amide bonds. The van der Waals surface area contributed by atoms with Crippen molar-refractivity contribution >= 4 is 11.9 Å². The fourth-order valence-electron chi connectivity index (χ4n) is 2.71. The molecule has 0 spiro atoms. The Bertz CT molecular complexity index is 516. The van der Waals surface area contributed by atoms with Gasteiger partial charge in [-0.25, -0.2) is 0 Å². The number of hydrogen-bond donors (Lipinski definition) is 2. The van der Waals surface area contributed by atoms with Crippen molar-refractivity contribution in [1.82, 2.24) is 9.88 Å². The molecule has 1 aromatic rings. The third-order valence-electron chi connectivity index (χ3n) is 3.62. The number of aliphatic hydroxyl groups is 1. The number of carbonyl (C=O) groups excluding carboxylic acids is 1. The number of hydrogen-bond acceptors (Lipinski definition) is 3. The quantitative estimate of drug-likeness (QED) is 0.709. The van der Waals surface area contributed by atoms with E-state index >= 15 is 0 Å². The van der Waals surface area contributed by atoms with Crippen LogP contribution in [0.4, 0.5) is 0 Å². The van der Waals surface area contributed by atoms with Crippen LogP contribution in [0.1, 0.15) is 40.3 Å². The van der Waals surface area contributed by atoms with Gasteiger partial charge in [0.15, 0.2) is 5.78 Å². The number of β-amino-alcohol motifs (C(OH)–C–C–N with tert-alkyl or cyclic N) is 1. The summed E-state index contributed by atoms with van der Waals surface area (Å²) < 4.78 is 0. The molecule has 0 bridgehead atoms. The SMILES string of the molecule is CC1C=Cc2[nH]c3c(c2C1=O)CN(C)CC3O. The molecule has 3 rings (SSSR count). The molecule has 0 aromatic carbocycles. The Hall–Kier alpha value is -1.39. The first-order chi connectivity index (χ1) is 8.08.